The van der Waals surface area contributed by atoms with E-state index in [1.54, 1.807) is 24.3 Å². The van der Waals surface area contributed by atoms with Crippen LogP contribution in [0.3, 0.4) is 0 Å². The van der Waals surface area contributed by atoms with Crippen LogP contribution in [-0.2, 0) is 11.3 Å². The Bertz CT molecular complexity index is 1260. The number of para-hydroxylation sites is 1. The number of phenolic OH excluding ortho intramolecular Hbond substituents is 2. The second-order valence-corrected chi connectivity index (χ2v) is 7.78. The summed E-state index contributed by atoms with van der Waals surface area (Å²) in [6.45, 7) is 0.201. The average molecular weight is 511 g/mol. The van der Waals surface area contributed by atoms with Crippen LogP contribution in [-0.4, -0.2) is 33.1 Å². The quantitative estimate of drug-likeness (QED) is 0.308. The molecule has 0 radical (unpaired) electrons. The summed E-state index contributed by atoms with van der Waals surface area (Å²) in [6.07, 6.45) is 1.15. The van der Waals surface area contributed by atoms with E-state index in [9.17, 15) is 29.7 Å². The number of carbonyl (C=O) groups is 3. The van der Waals surface area contributed by atoms with Gasteiger partial charge in [-0.1, -0.05) is 30.3 Å². The van der Waals surface area contributed by atoms with E-state index in [4.69, 9.17) is 0 Å². The zero-order valence-corrected chi connectivity index (χ0v) is 18.7. The minimum atomic E-state index is -1.38. The summed E-state index contributed by atoms with van der Waals surface area (Å²) in [7, 11) is 0. The number of benzene rings is 3. The predicted octanol–water partition coefficient (Wildman–Crippen LogP) is 3.65. The van der Waals surface area contributed by atoms with Gasteiger partial charge in [0.1, 0.15) is 17.2 Å². The molecule has 0 atom stereocenters. The Hall–Kier alpha value is -4.11. The molecule has 9 heteroatoms. The Balaban J connectivity index is 1.72. The molecule has 0 spiro atoms. The summed E-state index contributed by atoms with van der Waals surface area (Å²) in [5, 5.41) is 33.8. The Morgan fingerprint density at radius 3 is 2.33 bits per heavy atom. The van der Waals surface area contributed by atoms with Crippen molar-refractivity contribution >= 4 is 39.8 Å². The van der Waals surface area contributed by atoms with Crippen molar-refractivity contribution in [1.29, 1.82) is 0 Å². The third-order valence-corrected chi connectivity index (χ3v) is 5.21. The molecule has 8 nitrogen and oxygen atoms in total. The van der Waals surface area contributed by atoms with Crippen molar-refractivity contribution in [1.82, 2.24) is 10.6 Å². The van der Waals surface area contributed by atoms with E-state index in [1.807, 2.05) is 0 Å². The molecule has 0 saturated carbocycles. The molecule has 3 rings (SSSR count). The number of aromatic hydroxyl groups is 2. The molecule has 0 fully saturated rings. The van der Waals surface area contributed by atoms with Gasteiger partial charge in [-0.2, -0.15) is 0 Å². The van der Waals surface area contributed by atoms with Gasteiger partial charge in [-0.05, 0) is 64.0 Å². The van der Waals surface area contributed by atoms with E-state index in [1.165, 1.54) is 42.5 Å². The molecule has 33 heavy (non-hydrogen) atoms. The maximum atomic E-state index is 12.6. The van der Waals surface area contributed by atoms with Crippen molar-refractivity contribution in [2.24, 2.45) is 0 Å². The zero-order chi connectivity index (χ0) is 24.0. The molecule has 3 aromatic carbocycles. The number of halogens is 1. The van der Waals surface area contributed by atoms with E-state index >= 15 is 0 Å². The van der Waals surface area contributed by atoms with Crippen molar-refractivity contribution in [3.63, 3.8) is 0 Å². The molecule has 2 amide bonds. The first-order valence-electron chi connectivity index (χ1n) is 9.64. The third-order valence-electron chi connectivity index (χ3n) is 4.55. The highest BCUT2D eigenvalue weighted by Crippen LogP contribution is 2.21. The van der Waals surface area contributed by atoms with Gasteiger partial charge in [0.25, 0.3) is 11.8 Å². The second kappa shape index (κ2) is 10.5. The molecule has 0 aliphatic heterocycles. The smallest absolute Gasteiger partial charge is 0.352 e. The topological polar surface area (TPSA) is 136 Å². The summed E-state index contributed by atoms with van der Waals surface area (Å²) in [5.74, 6) is -2.52. The number of carboxylic acid groups (broad SMARTS) is 1. The van der Waals surface area contributed by atoms with Crippen LogP contribution >= 0.6 is 15.9 Å². The van der Waals surface area contributed by atoms with Crippen LogP contribution in [0.4, 0.5) is 0 Å². The first-order valence-corrected chi connectivity index (χ1v) is 10.4. The van der Waals surface area contributed by atoms with E-state index in [2.05, 4.69) is 26.6 Å². The Morgan fingerprint density at radius 1 is 0.909 bits per heavy atom. The number of phenols is 2. The molecule has 0 aliphatic rings. The molecular formula is C24H19BrN2O6. The number of carboxylic acids is 1. The van der Waals surface area contributed by atoms with Crippen LogP contribution in [0, 0.1) is 0 Å². The number of amides is 2. The molecule has 0 aliphatic carbocycles. The first kappa shape index (κ1) is 23.6. The Labute approximate surface area is 197 Å². The maximum absolute atomic E-state index is 12.6. The fraction of sp³-hybridized carbons (Fsp3) is 0.0417. The predicted molar refractivity (Wildman–Crippen MR) is 125 cm³/mol. The summed E-state index contributed by atoms with van der Waals surface area (Å²) < 4.78 is 0.289. The van der Waals surface area contributed by atoms with Crippen molar-refractivity contribution < 1.29 is 29.7 Å². The van der Waals surface area contributed by atoms with Crippen LogP contribution in [0.15, 0.2) is 76.9 Å². The van der Waals surface area contributed by atoms with Gasteiger partial charge in [0, 0.05) is 22.1 Å². The minimum absolute atomic E-state index is 0.0946. The lowest BCUT2D eigenvalue weighted by molar-refractivity contribution is -0.132. The van der Waals surface area contributed by atoms with E-state index in [0.29, 0.717) is 0 Å². The van der Waals surface area contributed by atoms with Crippen LogP contribution in [0.1, 0.15) is 31.8 Å². The summed E-state index contributed by atoms with van der Waals surface area (Å²) in [6, 6.07) is 16.9. The summed E-state index contributed by atoms with van der Waals surface area (Å²) in [5.41, 5.74) is 0.913. The van der Waals surface area contributed by atoms with Gasteiger partial charge in [-0.25, -0.2) is 4.79 Å². The van der Waals surface area contributed by atoms with Crippen molar-refractivity contribution in [3.8, 4) is 11.5 Å². The van der Waals surface area contributed by atoms with Crippen molar-refractivity contribution in [2.45, 2.75) is 6.54 Å². The number of aliphatic carboxylic acids is 1. The van der Waals surface area contributed by atoms with Gasteiger partial charge in [0.05, 0.1) is 5.56 Å². The number of hydrogen-bond donors (Lipinski definition) is 5. The Morgan fingerprint density at radius 2 is 1.67 bits per heavy atom. The van der Waals surface area contributed by atoms with Gasteiger partial charge < -0.3 is 26.0 Å². The zero-order valence-electron chi connectivity index (χ0n) is 17.1. The molecule has 168 valence electrons. The van der Waals surface area contributed by atoms with E-state index in [0.717, 1.165) is 11.6 Å². The van der Waals surface area contributed by atoms with Crippen LogP contribution in [0.5, 0.6) is 11.5 Å². The number of hydrogen-bond acceptors (Lipinski definition) is 5. The molecule has 5 N–H and O–H groups in total. The Kier molecular flexibility index (Phi) is 7.47. The minimum Gasteiger partial charge on any atom is -0.508 e. The van der Waals surface area contributed by atoms with Gasteiger partial charge in [0.15, 0.2) is 0 Å². The first-order chi connectivity index (χ1) is 15.7. The molecule has 3 aromatic rings. The van der Waals surface area contributed by atoms with Crippen LogP contribution < -0.4 is 10.6 Å². The van der Waals surface area contributed by atoms with Crippen LogP contribution in [0.2, 0.25) is 0 Å². The van der Waals surface area contributed by atoms with Crippen LogP contribution in [0.25, 0.3) is 6.08 Å². The van der Waals surface area contributed by atoms with Gasteiger partial charge in [-0.3, -0.25) is 9.59 Å². The molecule has 0 heterocycles. The van der Waals surface area contributed by atoms with Crippen molar-refractivity contribution in [3.05, 3.63) is 99.2 Å². The van der Waals surface area contributed by atoms with Gasteiger partial charge >= 0.3 is 5.97 Å². The second-order valence-electron chi connectivity index (χ2n) is 6.92. The molecule has 0 unspecified atom stereocenters. The number of nitrogens with one attached hydrogen (secondary N) is 2. The van der Waals surface area contributed by atoms with Gasteiger partial charge in [-0.15, -0.1) is 0 Å². The average Bonchev–Trinajstić information content (AvgIpc) is 2.78. The molecular weight excluding hydrogens is 492 g/mol. The number of rotatable bonds is 7. The maximum Gasteiger partial charge on any atom is 0.352 e. The SMILES string of the molecule is O=C(O)C(=Cc1ccccc1O)NC(=O)c1ccc(C(=O)NCc2cccc(O)c2)cc1Br. The highest BCUT2D eigenvalue weighted by Gasteiger charge is 2.18. The lowest BCUT2D eigenvalue weighted by Gasteiger charge is -2.10. The van der Waals surface area contributed by atoms with Crippen molar-refractivity contribution in [2.75, 3.05) is 0 Å². The normalized spacial score (nSPS) is 11.0. The lowest BCUT2D eigenvalue weighted by Crippen LogP contribution is -2.28. The highest BCUT2D eigenvalue weighted by molar-refractivity contribution is 9.10. The van der Waals surface area contributed by atoms with E-state index in [-0.39, 0.29) is 39.2 Å². The standard InChI is InChI=1S/C24H19BrN2O6/c25-19-11-16(22(30)26-13-14-4-3-6-17(28)10-14)8-9-18(19)23(31)27-20(24(32)33)12-15-5-1-2-7-21(15)29/h1-12,28-29H,13H2,(H,26,30)(H,27,31)(H,32,33). The number of carbonyl (C=O) groups excluding carboxylic acids is 2. The van der Waals surface area contributed by atoms with E-state index < -0.39 is 23.5 Å². The lowest BCUT2D eigenvalue weighted by atomic mass is 10.1. The van der Waals surface area contributed by atoms with Gasteiger partial charge in [0.2, 0.25) is 0 Å². The third kappa shape index (κ3) is 6.20. The fourth-order valence-electron chi connectivity index (χ4n) is 2.90. The highest BCUT2D eigenvalue weighted by atomic mass is 79.9. The molecule has 0 bridgehead atoms. The fourth-order valence-corrected chi connectivity index (χ4v) is 3.46. The summed E-state index contributed by atoms with van der Waals surface area (Å²) in [4.78, 5) is 36.7. The monoisotopic (exact) mass is 510 g/mol. The largest absolute Gasteiger partial charge is 0.508 e. The molecule has 0 aromatic heterocycles. The summed E-state index contributed by atoms with van der Waals surface area (Å²) >= 11 is 3.25. The molecule has 0 saturated heterocycles.